The van der Waals surface area contributed by atoms with E-state index < -0.39 is 0 Å². The number of rotatable bonds is 6. The summed E-state index contributed by atoms with van der Waals surface area (Å²) in [5.74, 6) is -0.526. The minimum absolute atomic E-state index is 0.135. The summed E-state index contributed by atoms with van der Waals surface area (Å²) in [7, 11) is 0. The predicted octanol–water partition coefficient (Wildman–Crippen LogP) is -1.13. The van der Waals surface area contributed by atoms with Crippen molar-refractivity contribution in [3.05, 3.63) is 43.1 Å². The molecule has 0 aliphatic heterocycles. The van der Waals surface area contributed by atoms with Crippen molar-refractivity contribution >= 4 is 17.5 Å². The third-order valence-electron chi connectivity index (χ3n) is 3.05. The Morgan fingerprint density at radius 1 is 1.00 bits per heavy atom. The monoisotopic (exact) mass is 314 g/mol. The van der Waals surface area contributed by atoms with Gasteiger partial charge in [0.25, 0.3) is 5.91 Å². The lowest BCUT2D eigenvalue weighted by atomic mass is 10.4. The van der Waals surface area contributed by atoms with Gasteiger partial charge in [0.2, 0.25) is 5.91 Å². The molecule has 3 heterocycles. The number of carbonyl (C=O) groups is 2. The minimum atomic E-state index is -0.338. The van der Waals surface area contributed by atoms with E-state index in [1.165, 1.54) is 18.9 Å². The summed E-state index contributed by atoms with van der Waals surface area (Å²) in [6.45, 7) is 0.732. The lowest BCUT2D eigenvalue weighted by Gasteiger charge is -2.07. The van der Waals surface area contributed by atoms with Crippen LogP contribution in [-0.2, 0) is 11.3 Å². The molecule has 10 heteroatoms. The number of carbonyl (C=O) groups excluding carboxylic acids is 2. The number of imidazole rings is 1. The number of nitrogens with zero attached hydrogens (tertiary/aromatic N) is 6. The molecule has 0 spiro atoms. The molecule has 2 N–H and O–H groups in total. The van der Waals surface area contributed by atoms with Gasteiger partial charge in [0.15, 0.2) is 11.3 Å². The Bertz CT molecular complexity index is 810. The number of aromatic nitrogens is 6. The van der Waals surface area contributed by atoms with Crippen molar-refractivity contribution in [3.63, 3.8) is 0 Å². The highest BCUT2D eigenvalue weighted by molar-refractivity contribution is 5.97. The van der Waals surface area contributed by atoms with Gasteiger partial charge in [-0.1, -0.05) is 0 Å². The molecule has 0 radical (unpaired) electrons. The molecule has 3 aromatic rings. The number of amides is 2. The summed E-state index contributed by atoms with van der Waals surface area (Å²) in [5, 5.41) is 12.6. The molecule has 0 saturated heterocycles. The van der Waals surface area contributed by atoms with Gasteiger partial charge in [0, 0.05) is 37.9 Å². The normalized spacial score (nSPS) is 10.6. The molecule has 10 nitrogen and oxygen atoms in total. The second kappa shape index (κ2) is 6.64. The van der Waals surface area contributed by atoms with Crippen LogP contribution in [0, 0.1) is 0 Å². The fourth-order valence-corrected chi connectivity index (χ4v) is 2.00. The van der Waals surface area contributed by atoms with E-state index in [9.17, 15) is 9.59 Å². The molecule has 0 unspecified atom stereocenters. The van der Waals surface area contributed by atoms with Crippen molar-refractivity contribution in [2.45, 2.75) is 6.54 Å². The molecule has 0 aromatic carbocycles. The molecule has 0 atom stereocenters. The number of hydrogen-bond donors (Lipinski definition) is 2. The highest BCUT2D eigenvalue weighted by atomic mass is 16.2. The van der Waals surface area contributed by atoms with Gasteiger partial charge in [-0.2, -0.15) is 0 Å². The van der Waals surface area contributed by atoms with Gasteiger partial charge in [-0.3, -0.25) is 9.59 Å². The number of nitrogens with one attached hydrogen (secondary N) is 2. The van der Waals surface area contributed by atoms with Gasteiger partial charge in [-0.25, -0.2) is 9.97 Å². The number of fused-ring (bicyclic) bond motifs is 1. The largest absolute Gasteiger partial charge is 0.353 e. The summed E-state index contributed by atoms with van der Waals surface area (Å²) in [6.07, 6.45) is 9.49. The van der Waals surface area contributed by atoms with Crippen molar-refractivity contribution in [3.8, 4) is 0 Å². The molecule has 2 amide bonds. The van der Waals surface area contributed by atoms with Crippen molar-refractivity contribution in [2.24, 2.45) is 0 Å². The van der Waals surface area contributed by atoms with Gasteiger partial charge >= 0.3 is 0 Å². The third-order valence-corrected chi connectivity index (χ3v) is 3.05. The van der Waals surface area contributed by atoms with Crippen LogP contribution in [0.1, 0.15) is 10.5 Å². The van der Waals surface area contributed by atoms with Crippen LogP contribution >= 0.6 is 0 Å². The van der Waals surface area contributed by atoms with Crippen LogP contribution in [0.2, 0.25) is 0 Å². The zero-order valence-electron chi connectivity index (χ0n) is 12.1. The quantitative estimate of drug-likeness (QED) is 0.556. The minimum Gasteiger partial charge on any atom is -0.353 e. The fourth-order valence-electron chi connectivity index (χ4n) is 2.00. The highest BCUT2D eigenvalue weighted by Crippen LogP contribution is 2.04. The van der Waals surface area contributed by atoms with E-state index in [1.54, 1.807) is 27.6 Å². The van der Waals surface area contributed by atoms with Crippen LogP contribution in [0.3, 0.4) is 0 Å². The van der Waals surface area contributed by atoms with Crippen molar-refractivity contribution < 1.29 is 9.59 Å². The summed E-state index contributed by atoms with van der Waals surface area (Å²) in [6, 6.07) is 0. The van der Waals surface area contributed by atoms with Crippen molar-refractivity contribution in [1.29, 1.82) is 0 Å². The van der Waals surface area contributed by atoms with Gasteiger partial charge in [-0.05, 0) is 0 Å². The molecule has 0 aliphatic rings. The first kappa shape index (κ1) is 14.6. The summed E-state index contributed by atoms with van der Waals surface area (Å²) < 4.78 is 3.26. The Kier molecular flexibility index (Phi) is 4.22. The molecular formula is C13H14N8O2. The van der Waals surface area contributed by atoms with Crippen molar-refractivity contribution in [2.75, 3.05) is 13.1 Å². The van der Waals surface area contributed by atoms with Crippen LogP contribution in [-0.4, -0.2) is 54.0 Å². The topological polar surface area (TPSA) is 119 Å². The molecule has 0 saturated carbocycles. The van der Waals surface area contributed by atoms with Crippen LogP contribution in [0.5, 0.6) is 0 Å². The Balaban J connectivity index is 1.46. The van der Waals surface area contributed by atoms with E-state index in [2.05, 4.69) is 30.8 Å². The van der Waals surface area contributed by atoms with Crippen LogP contribution in [0.25, 0.3) is 5.65 Å². The van der Waals surface area contributed by atoms with E-state index in [0.29, 0.717) is 12.2 Å². The Morgan fingerprint density at radius 3 is 2.48 bits per heavy atom. The second-order valence-corrected chi connectivity index (χ2v) is 4.67. The standard InChI is InChI=1S/C13H14N8O2/c22-10(7-20-8-18-19-9-20)14-1-2-17-13(23)11-12-16-4-6-21(12)5-3-15-11/h3-6,8-9H,1-2,7H2,(H,14,22)(H,17,23). The smallest absolute Gasteiger partial charge is 0.273 e. The lowest BCUT2D eigenvalue weighted by Crippen LogP contribution is -2.36. The Labute approximate surface area is 130 Å². The summed E-state index contributed by atoms with van der Waals surface area (Å²) in [5.41, 5.74) is 0.731. The van der Waals surface area contributed by atoms with E-state index in [-0.39, 0.29) is 30.6 Å². The maximum absolute atomic E-state index is 12.1. The predicted molar refractivity (Wildman–Crippen MR) is 78.4 cm³/mol. The third kappa shape index (κ3) is 3.48. The van der Waals surface area contributed by atoms with E-state index >= 15 is 0 Å². The molecule has 3 aromatic heterocycles. The molecule has 3 rings (SSSR count). The van der Waals surface area contributed by atoms with Crippen LogP contribution in [0.4, 0.5) is 0 Å². The average molecular weight is 314 g/mol. The first-order valence-corrected chi connectivity index (χ1v) is 6.89. The molecule has 23 heavy (non-hydrogen) atoms. The van der Waals surface area contributed by atoms with Crippen LogP contribution < -0.4 is 10.6 Å². The molecule has 0 fully saturated rings. The molecular weight excluding hydrogens is 300 g/mol. The lowest BCUT2D eigenvalue weighted by molar-refractivity contribution is -0.121. The van der Waals surface area contributed by atoms with E-state index in [0.717, 1.165) is 0 Å². The summed E-state index contributed by atoms with van der Waals surface area (Å²) >= 11 is 0. The Hall–Kier alpha value is -3.30. The van der Waals surface area contributed by atoms with Gasteiger partial charge < -0.3 is 19.6 Å². The molecule has 0 aliphatic carbocycles. The van der Waals surface area contributed by atoms with Gasteiger partial charge in [-0.15, -0.1) is 10.2 Å². The molecule has 118 valence electrons. The second-order valence-electron chi connectivity index (χ2n) is 4.67. The first-order valence-electron chi connectivity index (χ1n) is 6.89. The molecule has 0 bridgehead atoms. The zero-order valence-corrected chi connectivity index (χ0v) is 12.1. The van der Waals surface area contributed by atoms with Crippen molar-refractivity contribution in [1.82, 2.24) is 39.8 Å². The van der Waals surface area contributed by atoms with Gasteiger partial charge in [0.05, 0.1) is 0 Å². The van der Waals surface area contributed by atoms with Gasteiger partial charge in [0.1, 0.15) is 19.2 Å². The maximum Gasteiger partial charge on any atom is 0.273 e. The van der Waals surface area contributed by atoms with E-state index in [4.69, 9.17) is 0 Å². The SMILES string of the molecule is O=C(Cn1cnnc1)NCCNC(=O)c1nccn2ccnc12. The van der Waals surface area contributed by atoms with Crippen LogP contribution in [0.15, 0.2) is 37.4 Å². The highest BCUT2D eigenvalue weighted by Gasteiger charge is 2.12. The van der Waals surface area contributed by atoms with E-state index in [1.807, 2.05) is 0 Å². The maximum atomic E-state index is 12.1. The summed E-state index contributed by atoms with van der Waals surface area (Å²) in [4.78, 5) is 31.9. The average Bonchev–Trinajstić information content (AvgIpc) is 3.21. The Morgan fingerprint density at radius 2 is 1.70 bits per heavy atom. The first-order chi connectivity index (χ1) is 11.2. The number of hydrogen-bond acceptors (Lipinski definition) is 6. The fraction of sp³-hybridized carbons (Fsp3) is 0.231. The zero-order chi connectivity index (χ0) is 16.1.